The third-order valence-corrected chi connectivity index (χ3v) is 4.90. The summed E-state index contributed by atoms with van der Waals surface area (Å²) in [4.78, 5) is 20.1. The van der Waals surface area contributed by atoms with Gasteiger partial charge in [0.2, 0.25) is 16.4 Å². The molecule has 2 aromatic rings. The van der Waals surface area contributed by atoms with Crippen molar-refractivity contribution in [2.45, 2.75) is 17.9 Å². The first-order valence-corrected chi connectivity index (χ1v) is 7.78. The van der Waals surface area contributed by atoms with E-state index in [9.17, 15) is 8.42 Å². The minimum absolute atomic E-state index is 0.181. The Morgan fingerprint density at radius 3 is 2.86 bits per heavy atom. The Balaban J connectivity index is 0.000000396. The fourth-order valence-electron chi connectivity index (χ4n) is 2.04. The molecule has 0 saturated heterocycles. The van der Waals surface area contributed by atoms with E-state index >= 15 is 0 Å². The number of rotatable bonds is 3. The van der Waals surface area contributed by atoms with Gasteiger partial charge in [0.15, 0.2) is 0 Å². The van der Waals surface area contributed by atoms with E-state index in [1.807, 2.05) is 0 Å². The summed E-state index contributed by atoms with van der Waals surface area (Å²) in [6.45, 7) is 0.780. The van der Waals surface area contributed by atoms with Crippen LogP contribution in [-0.2, 0) is 27.8 Å². The average Bonchev–Trinajstić information content (AvgIpc) is 3.03. The quantitative estimate of drug-likeness (QED) is 0.403. The number of hydrogen-bond acceptors (Lipinski definition) is 6. The number of amides is 1. The van der Waals surface area contributed by atoms with E-state index in [-0.39, 0.29) is 11.3 Å². The number of H-pyrrole nitrogens is 1. The summed E-state index contributed by atoms with van der Waals surface area (Å²) in [5.74, 6) is 0. The highest BCUT2D eigenvalue weighted by molar-refractivity contribution is 7.89. The van der Waals surface area contributed by atoms with Crippen molar-refractivity contribution in [3.05, 3.63) is 42.2 Å². The van der Waals surface area contributed by atoms with Gasteiger partial charge in [0, 0.05) is 31.1 Å². The van der Waals surface area contributed by atoms with Crippen LogP contribution in [0.25, 0.3) is 0 Å². The van der Waals surface area contributed by atoms with Crippen molar-refractivity contribution in [3.8, 4) is 0 Å². The van der Waals surface area contributed by atoms with Crippen molar-refractivity contribution >= 4 is 16.4 Å². The lowest BCUT2D eigenvalue weighted by atomic mass is 10.2. The molecule has 0 aromatic carbocycles. The zero-order valence-corrected chi connectivity index (χ0v) is 12.3. The van der Waals surface area contributed by atoms with Crippen molar-refractivity contribution in [2.75, 3.05) is 6.54 Å². The van der Waals surface area contributed by atoms with Gasteiger partial charge in [0.05, 0.1) is 18.6 Å². The maximum absolute atomic E-state index is 12.4. The van der Waals surface area contributed by atoms with Crippen LogP contribution in [0.3, 0.4) is 0 Å². The van der Waals surface area contributed by atoms with Gasteiger partial charge < -0.3 is 4.98 Å². The SMILES string of the molecule is O=CNO.O=S(=O)(c1cccnc1)N1CCc2[nH]cnc2C1. The smallest absolute Gasteiger partial charge is 0.244 e. The Hall–Kier alpha value is -2.30. The molecular formula is C12H15N5O4S. The maximum atomic E-state index is 12.4. The number of nitrogens with zero attached hydrogens (tertiary/aromatic N) is 3. The molecule has 10 heteroatoms. The Bertz CT molecular complexity index is 716. The first kappa shape index (κ1) is 16.1. The number of aromatic amines is 1. The third-order valence-electron chi connectivity index (χ3n) is 3.07. The molecule has 9 nitrogen and oxygen atoms in total. The summed E-state index contributed by atoms with van der Waals surface area (Å²) in [6, 6.07) is 3.18. The second-order valence-corrected chi connectivity index (χ2v) is 6.29. The van der Waals surface area contributed by atoms with E-state index < -0.39 is 10.0 Å². The number of pyridine rings is 1. The molecule has 0 radical (unpaired) electrons. The van der Waals surface area contributed by atoms with Crippen LogP contribution < -0.4 is 5.48 Å². The van der Waals surface area contributed by atoms with Gasteiger partial charge in [-0.05, 0) is 12.1 Å². The van der Waals surface area contributed by atoms with Crippen molar-refractivity contribution < 1.29 is 18.4 Å². The fraction of sp³-hybridized carbons (Fsp3) is 0.250. The molecule has 118 valence electrons. The van der Waals surface area contributed by atoms with Crippen LogP contribution in [0.5, 0.6) is 0 Å². The summed E-state index contributed by atoms with van der Waals surface area (Å²) in [5, 5.41) is 7.26. The molecule has 0 unspecified atom stereocenters. The summed E-state index contributed by atoms with van der Waals surface area (Å²) in [5.41, 5.74) is 3.07. The lowest BCUT2D eigenvalue weighted by Gasteiger charge is -2.25. The molecule has 2 aromatic heterocycles. The lowest BCUT2D eigenvalue weighted by molar-refractivity contribution is -0.116. The van der Waals surface area contributed by atoms with E-state index in [2.05, 4.69) is 15.0 Å². The molecule has 0 saturated carbocycles. The highest BCUT2D eigenvalue weighted by atomic mass is 32.2. The van der Waals surface area contributed by atoms with Crippen LogP contribution >= 0.6 is 0 Å². The molecule has 0 spiro atoms. The molecule has 0 bridgehead atoms. The first-order valence-electron chi connectivity index (χ1n) is 6.34. The molecule has 0 atom stereocenters. The van der Waals surface area contributed by atoms with Crippen molar-refractivity contribution in [3.63, 3.8) is 0 Å². The number of sulfonamides is 1. The van der Waals surface area contributed by atoms with Crippen molar-refractivity contribution in [1.29, 1.82) is 0 Å². The number of fused-ring (bicyclic) bond motifs is 1. The van der Waals surface area contributed by atoms with Crippen molar-refractivity contribution in [2.24, 2.45) is 0 Å². The van der Waals surface area contributed by atoms with E-state index in [4.69, 9.17) is 10.0 Å². The van der Waals surface area contributed by atoms with Gasteiger partial charge >= 0.3 is 0 Å². The summed E-state index contributed by atoms with van der Waals surface area (Å²) >= 11 is 0. The molecule has 22 heavy (non-hydrogen) atoms. The van der Waals surface area contributed by atoms with Crippen molar-refractivity contribution in [1.82, 2.24) is 24.7 Å². The van der Waals surface area contributed by atoms with Crippen LogP contribution in [0.15, 0.2) is 35.7 Å². The lowest BCUT2D eigenvalue weighted by Crippen LogP contribution is -2.36. The normalized spacial score (nSPS) is 14.4. The summed E-state index contributed by atoms with van der Waals surface area (Å²) < 4.78 is 26.2. The van der Waals surface area contributed by atoms with Gasteiger partial charge in [-0.25, -0.2) is 18.9 Å². The Labute approximate surface area is 127 Å². The van der Waals surface area contributed by atoms with Gasteiger partial charge in [0.1, 0.15) is 4.90 Å². The molecular weight excluding hydrogens is 310 g/mol. The second-order valence-electron chi connectivity index (χ2n) is 4.35. The van der Waals surface area contributed by atoms with Gasteiger partial charge in [0.25, 0.3) is 0 Å². The highest BCUT2D eigenvalue weighted by Crippen LogP contribution is 2.22. The number of hydroxylamine groups is 1. The molecule has 3 heterocycles. The zero-order chi connectivity index (χ0) is 16.0. The van der Waals surface area contributed by atoms with E-state index in [0.29, 0.717) is 19.5 Å². The Kier molecular flexibility index (Phi) is 5.20. The summed E-state index contributed by atoms with van der Waals surface area (Å²) in [6.07, 6.45) is 5.37. The molecule has 1 aliphatic rings. The number of nitrogens with one attached hydrogen (secondary N) is 2. The number of aromatic nitrogens is 3. The summed E-state index contributed by atoms with van der Waals surface area (Å²) in [7, 11) is -3.47. The minimum atomic E-state index is -3.47. The minimum Gasteiger partial charge on any atom is -0.348 e. The predicted octanol–water partition coefficient (Wildman–Crippen LogP) is -0.327. The topological polar surface area (TPSA) is 128 Å². The van der Waals surface area contributed by atoms with Crippen LogP contribution in [-0.4, -0.2) is 45.8 Å². The van der Waals surface area contributed by atoms with Crippen LogP contribution in [0, 0.1) is 0 Å². The van der Waals surface area contributed by atoms with E-state index in [1.54, 1.807) is 24.7 Å². The zero-order valence-electron chi connectivity index (χ0n) is 11.5. The van der Waals surface area contributed by atoms with Crippen LogP contribution in [0.1, 0.15) is 11.4 Å². The second kappa shape index (κ2) is 7.11. The fourth-order valence-corrected chi connectivity index (χ4v) is 3.41. The van der Waals surface area contributed by atoms with Gasteiger partial charge in [-0.1, -0.05) is 0 Å². The average molecular weight is 325 g/mol. The van der Waals surface area contributed by atoms with Crippen LogP contribution in [0.2, 0.25) is 0 Å². The van der Waals surface area contributed by atoms with Gasteiger partial charge in [-0.15, -0.1) is 0 Å². The molecule has 1 aliphatic heterocycles. The standard InChI is InChI=1S/C11H12N4O2S.CH3NO2/c16-18(17,9-2-1-4-12-6-9)15-5-3-10-11(7-15)14-8-13-10;3-1-2-4/h1-2,4,6,8H,3,5,7H2,(H,13,14);1,4H,(H,2,3). The Morgan fingerprint density at radius 1 is 1.45 bits per heavy atom. The number of carbonyl (C=O) groups excluding carboxylic acids is 1. The largest absolute Gasteiger partial charge is 0.348 e. The maximum Gasteiger partial charge on any atom is 0.244 e. The molecule has 0 fully saturated rings. The number of carbonyl (C=O) groups is 1. The van der Waals surface area contributed by atoms with E-state index in [0.717, 1.165) is 11.4 Å². The first-order chi connectivity index (χ1) is 10.6. The van der Waals surface area contributed by atoms with Gasteiger partial charge in [-0.2, -0.15) is 4.31 Å². The molecule has 3 N–H and O–H groups in total. The highest BCUT2D eigenvalue weighted by Gasteiger charge is 2.29. The third kappa shape index (κ3) is 3.47. The molecule has 0 aliphatic carbocycles. The Morgan fingerprint density at radius 2 is 2.23 bits per heavy atom. The monoisotopic (exact) mass is 325 g/mol. The van der Waals surface area contributed by atoms with Gasteiger partial charge in [-0.3, -0.25) is 15.0 Å². The number of imidazole rings is 1. The van der Waals surface area contributed by atoms with E-state index in [1.165, 1.54) is 16.0 Å². The number of hydrogen-bond donors (Lipinski definition) is 3. The van der Waals surface area contributed by atoms with Crippen LogP contribution in [0.4, 0.5) is 0 Å². The molecule has 1 amide bonds. The predicted molar refractivity (Wildman–Crippen MR) is 75.1 cm³/mol. The molecule has 3 rings (SSSR count).